The summed E-state index contributed by atoms with van der Waals surface area (Å²) < 4.78 is 5.56. The summed E-state index contributed by atoms with van der Waals surface area (Å²) in [6.07, 6.45) is -0.554. The highest BCUT2D eigenvalue weighted by molar-refractivity contribution is 7.79. The maximum Gasteiger partial charge on any atom is 0.412 e. The fourth-order valence-corrected chi connectivity index (χ4v) is 5.22. The molecule has 0 aliphatic rings. The molecule has 0 atom stereocenters. The van der Waals surface area contributed by atoms with Gasteiger partial charge >= 0.3 is 6.09 Å². The van der Waals surface area contributed by atoms with Gasteiger partial charge in [0.05, 0.1) is 12.0 Å². The molecule has 0 fully saturated rings. The van der Waals surface area contributed by atoms with Crippen LogP contribution in [-0.4, -0.2) is 16.8 Å². The molecule has 0 saturated heterocycles. The van der Waals surface area contributed by atoms with Gasteiger partial charge in [-0.05, 0) is 60.2 Å². The number of rotatable bonds is 7. The van der Waals surface area contributed by atoms with Crippen molar-refractivity contribution in [2.45, 2.75) is 44.1 Å². The van der Waals surface area contributed by atoms with Crippen molar-refractivity contribution in [2.24, 2.45) is 0 Å². The Kier molecular flexibility index (Phi) is 8.06. The molecule has 4 rings (SSSR count). The fraction of sp³-hybridized carbons (Fsp3) is 0.219. The molecule has 0 saturated carbocycles. The van der Waals surface area contributed by atoms with Crippen molar-refractivity contribution in [1.82, 2.24) is 0 Å². The summed E-state index contributed by atoms with van der Waals surface area (Å²) in [4.78, 5) is 12.8. The molecule has 4 aromatic rings. The first-order valence-electron chi connectivity index (χ1n) is 12.3. The smallest absolute Gasteiger partial charge is 0.412 e. The van der Waals surface area contributed by atoms with E-state index >= 15 is 0 Å². The third kappa shape index (κ3) is 5.58. The Labute approximate surface area is 224 Å². The summed E-state index contributed by atoms with van der Waals surface area (Å²) in [5.74, 6) is 0.362. The minimum absolute atomic E-state index is 0.183. The molecule has 0 bridgehead atoms. The van der Waals surface area contributed by atoms with E-state index in [9.17, 15) is 9.90 Å². The van der Waals surface area contributed by atoms with Gasteiger partial charge in [-0.15, -0.1) is 0 Å². The van der Waals surface area contributed by atoms with E-state index in [2.05, 4.69) is 41.7 Å². The van der Waals surface area contributed by atoms with Crippen LogP contribution in [0.15, 0.2) is 103 Å². The van der Waals surface area contributed by atoms with Crippen LogP contribution in [-0.2, 0) is 22.5 Å². The maximum absolute atomic E-state index is 12.8. The number of aliphatic hydroxyl groups is 1. The highest BCUT2D eigenvalue weighted by Crippen LogP contribution is 2.48. The minimum Gasteiger partial charge on any atom is -0.444 e. The second-order valence-corrected chi connectivity index (χ2v) is 10.3. The predicted molar refractivity (Wildman–Crippen MR) is 153 cm³/mol. The van der Waals surface area contributed by atoms with Gasteiger partial charge < -0.3 is 9.84 Å². The molecule has 4 aromatic carbocycles. The second-order valence-electron chi connectivity index (χ2n) is 9.96. The first-order chi connectivity index (χ1) is 17.8. The normalized spacial score (nSPS) is 11.7. The Morgan fingerprint density at radius 2 is 1.27 bits per heavy atom. The van der Waals surface area contributed by atoms with Crippen LogP contribution in [0.1, 0.15) is 54.2 Å². The zero-order valence-corrected chi connectivity index (χ0v) is 22.3. The molecule has 0 aliphatic heterocycles. The lowest BCUT2D eigenvalue weighted by Gasteiger charge is -2.39. The minimum atomic E-state index is -0.739. The van der Waals surface area contributed by atoms with Gasteiger partial charge in [0.15, 0.2) is 0 Å². The third-order valence-corrected chi connectivity index (χ3v) is 6.63. The first-order valence-corrected chi connectivity index (χ1v) is 13.0. The molecular formula is C32H33NO3S. The zero-order chi connectivity index (χ0) is 26.5. The van der Waals surface area contributed by atoms with Crippen LogP contribution in [0.4, 0.5) is 10.5 Å². The number of carbonyl (C=O) groups excluding carboxylic acids is 1. The topological polar surface area (TPSA) is 58.6 Å². The van der Waals surface area contributed by atoms with Crippen LogP contribution in [0.3, 0.4) is 0 Å². The van der Waals surface area contributed by atoms with Crippen LogP contribution in [0.5, 0.6) is 0 Å². The van der Waals surface area contributed by atoms with Crippen molar-refractivity contribution in [1.29, 1.82) is 0 Å². The molecular weight excluding hydrogens is 478 g/mol. The summed E-state index contributed by atoms with van der Waals surface area (Å²) >= 11 is 4.74. The largest absolute Gasteiger partial charge is 0.444 e. The van der Waals surface area contributed by atoms with Crippen molar-refractivity contribution in [2.75, 3.05) is 5.32 Å². The number of amides is 1. The number of aliphatic hydroxyl groups excluding tert-OH is 1. The van der Waals surface area contributed by atoms with E-state index < -0.39 is 17.1 Å². The molecule has 5 heteroatoms. The van der Waals surface area contributed by atoms with E-state index in [0.29, 0.717) is 17.0 Å². The third-order valence-electron chi connectivity index (χ3n) is 6.31. The van der Waals surface area contributed by atoms with Gasteiger partial charge in [0, 0.05) is 11.4 Å². The van der Waals surface area contributed by atoms with E-state index in [1.54, 1.807) is 6.07 Å². The summed E-state index contributed by atoms with van der Waals surface area (Å²) in [5.41, 5.74) is 4.83. The van der Waals surface area contributed by atoms with E-state index in [1.165, 1.54) is 0 Å². The average molecular weight is 512 g/mol. The van der Waals surface area contributed by atoms with Gasteiger partial charge in [-0.2, -0.15) is 12.6 Å². The highest BCUT2D eigenvalue weighted by atomic mass is 32.1. The Bertz CT molecular complexity index is 1240. The van der Waals surface area contributed by atoms with Gasteiger partial charge in [0.1, 0.15) is 5.60 Å². The molecule has 0 aromatic heterocycles. The number of anilines is 1. The Morgan fingerprint density at radius 1 is 0.811 bits per heavy atom. The molecule has 0 radical (unpaired) electrons. The zero-order valence-electron chi connectivity index (χ0n) is 21.4. The Balaban J connectivity index is 2.09. The number of nitrogens with one attached hydrogen (secondary N) is 1. The molecule has 0 aliphatic carbocycles. The number of hydrogen-bond acceptors (Lipinski definition) is 4. The SMILES string of the molecule is CC(C)(C)OC(=O)Nc1cc(CO)cc(C(c2ccccc2)(c2ccccc2)c2ccccc2)c1CS. The molecule has 0 spiro atoms. The number of ether oxygens (including phenoxy) is 1. The van der Waals surface area contributed by atoms with Crippen LogP contribution in [0.2, 0.25) is 0 Å². The quantitative estimate of drug-likeness (QED) is 0.180. The van der Waals surface area contributed by atoms with Gasteiger partial charge in [-0.25, -0.2) is 4.79 Å². The number of carbonyl (C=O) groups is 1. The number of benzene rings is 4. The van der Waals surface area contributed by atoms with Crippen molar-refractivity contribution in [3.63, 3.8) is 0 Å². The van der Waals surface area contributed by atoms with E-state index in [-0.39, 0.29) is 6.61 Å². The van der Waals surface area contributed by atoms with E-state index in [1.807, 2.05) is 81.4 Å². The van der Waals surface area contributed by atoms with Crippen molar-refractivity contribution in [3.05, 3.63) is 137 Å². The second kappa shape index (κ2) is 11.2. The molecule has 1 amide bonds. The lowest BCUT2D eigenvalue weighted by atomic mass is 9.63. The number of hydrogen-bond donors (Lipinski definition) is 3. The molecule has 2 N–H and O–H groups in total. The van der Waals surface area contributed by atoms with E-state index in [0.717, 1.165) is 27.8 Å². The van der Waals surface area contributed by atoms with E-state index in [4.69, 9.17) is 17.4 Å². The van der Waals surface area contributed by atoms with Crippen LogP contribution in [0, 0.1) is 0 Å². The summed E-state index contributed by atoms with van der Waals surface area (Å²) in [7, 11) is 0. The average Bonchev–Trinajstić information content (AvgIpc) is 2.90. The molecule has 4 nitrogen and oxygen atoms in total. The van der Waals surface area contributed by atoms with Crippen molar-refractivity contribution < 1.29 is 14.6 Å². The van der Waals surface area contributed by atoms with Crippen LogP contribution in [0.25, 0.3) is 0 Å². The summed E-state index contributed by atoms with van der Waals surface area (Å²) in [6.45, 7) is 5.30. The molecule has 37 heavy (non-hydrogen) atoms. The molecule has 190 valence electrons. The maximum atomic E-state index is 12.8. The van der Waals surface area contributed by atoms with Crippen molar-refractivity contribution >= 4 is 24.4 Å². The Morgan fingerprint density at radius 3 is 1.65 bits per heavy atom. The monoisotopic (exact) mass is 511 g/mol. The van der Waals surface area contributed by atoms with Crippen LogP contribution < -0.4 is 5.32 Å². The van der Waals surface area contributed by atoms with Gasteiger partial charge in [-0.3, -0.25) is 5.32 Å². The van der Waals surface area contributed by atoms with Crippen LogP contribution >= 0.6 is 12.6 Å². The summed E-state index contributed by atoms with van der Waals surface area (Å²) in [5, 5.41) is 13.2. The standard InChI is InChI=1S/C32H33NO3S/c1-31(2,3)36-30(35)33-29-20-23(21-34)19-28(27(29)22-37)32(24-13-7-4-8-14-24,25-15-9-5-10-16-25)26-17-11-6-12-18-26/h4-20,34,37H,21-22H2,1-3H3,(H,33,35). The van der Waals surface area contributed by atoms with Gasteiger partial charge in [0.2, 0.25) is 0 Å². The van der Waals surface area contributed by atoms with Crippen molar-refractivity contribution in [3.8, 4) is 0 Å². The number of thiol groups is 1. The Hall–Kier alpha value is -3.54. The predicted octanol–water partition coefficient (Wildman–Crippen LogP) is 7.34. The molecule has 0 unspecified atom stereocenters. The molecule has 0 heterocycles. The van der Waals surface area contributed by atoms with Gasteiger partial charge in [0.25, 0.3) is 0 Å². The lowest BCUT2D eigenvalue weighted by Crippen LogP contribution is -2.33. The summed E-state index contributed by atoms with van der Waals surface area (Å²) in [6, 6.07) is 34.8. The van der Waals surface area contributed by atoms with Gasteiger partial charge in [-0.1, -0.05) is 97.1 Å². The lowest BCUT2D eigenvalue weighted by molar-refractivity contribution is 0.0635. The highest BCUT2D eigenvalue weighted by Gasteiger charge is 2.40. The fourth-order valence-electron chi connectivity index (χ4n) is 4.88. The first kappa shape index (κ1) is 26.5.